The zero-order chi connectivity index (χ0) is 18.7. The lowest BCUT2D eigenvalue weighted by atomic mass is 10.0. The van der Waals surface area contributed by atoms with E-state index in [-0.39, 0.29) is 5.82 Å². The second-order valence-corrected chi connectivity index (χ2v) is 7.36. The van der Waals surface area contributed by atoms with Crippen molar-refractivity contribution in [1.82, 2.24) is 0 Å². The second-order valence-electron chi connectivity index (χ2n) is 6.19. The van der Waals surface area contributed by atoms with Crippen LogP contribution in [0.3, 0.4) is 0 Å². The van der Waals surface area contributed by atoms with E-state index in [9.17, 15) is 14.3 Å². The van der Waals surface area contributed by atoms with Gasteiger partial charge >= 0.3 is 5.97 Å². The molecule has 0 atom stereocenters. The number of rotatable bonds is 5. The van der Waals surface area contributed by atoms with E-state index in [0.717, 1.165) is 34.4 Å². The van der Waals surface area contributed by atoms with Crippen molar-refractivity contribution in [1.29, 1.82) is 0 Å². The van der Waals surface area contributed by atoms with Crippen LogP contribution in [-0.4, -0.2) is 11.1 Å². The van der Waals surface area contributed by atoms with Gasteiger partial charge in [-0.25, -0.2) is 9.18 Å². The van der Waals surface area contributed by atoms with Crippen LogP contribution in [0.4, 0.5) is 4.39 Å². The molecule has 0 amide bonds. The summed E-state index contributed by atoms with van der Waals surface area (Å²) in [6.45, 7) is 3.78. The lowest BCUT2D eigenvalue weighted by Gasteiger charge is -2.07. The highest BCUT2D eigenvalue weighted by Crippen LogP contribution is 2.25. The molecule has 0 fully saturated rings. The highest BCUT2D eigenvalue weighted by atomic mass is 32.1. The van der Waals surface area contributed by atoms with Crippen LogP contribution < -0.4 is 4.74 Å². The number of carbonyl (C=O) groups excluding carboxylic acids is 1. The van der Waals surface area contributed by atoms with Crippen LogP contribution in [0, 0.1) is 19.7 Å². The maximum absolute atomic E-state index is 12.9. The Kier molecular flexibility index (Phi) is 5.38. The number of hydrogen-bond acceptors (Lipinski definition) is 4. The highest BCUT2D eigenvalue weighted by molar-refractivity contribution is 7.13. The molecular formula is C21H19FO3S. The maximum atomic E-state index is 12.9. The van der Waals surface area contributed by atoms with Gasteiger partial charge in [0.2, 0.25) is 0 Å². The minimum absolute atomic E-state index is 0.321. The molecule has 3 nitrogen and oxygen atoms in total. The van der Waals surface area contributed by atoms with Crippen molar-refractivity contribution in [2.24, 2.45) is 0 Å². The average Bonchev–Trinajstić information content (AvgIpc) is 3.09. The van der Waals surface area contributed by atoms with Crippen molar-refractivity contribution in [3.8, 4) is 11.5 Å². The lowest BCUT2D eigenvalue weighted by molar-refractivity contribution is 0.0739. The predicted molar refractivity (Wildman–Crippen MR) is 101 cm³/mol. The first-order valence-electron chi connectivity index (χ1n) is 8.28. The summed E-state index contributed by atoms with van der Waals surface area (Å²) in [5.74, 6) is -0.149. The Balaban J connectivity index is 1.62. The van der Waals surface area contributed by atoms with Gasteiger partial charge in [0, 0.05) is 4.88 Å². The van der Waals surface area contributed by atoms with E-state index in [0.29, 0.717) is 16.4 Å². The SMILES string of the molecule is Cc1cc(CCc2ccc(C(=O)Oc3ccc(F)cc3)s2)cc(C)c1O. The van der Waals surface area contributed by atoms with E-state index in [1.165, 1.54) is 35.6 Å². The number of phenols is 1. The third-order valence-electron chi connectivity index (χ3n) is 4.10. The Bertz CT molecular complexity index is 906. The summed E-state index contributed by atoms with van der Waals surface area (Å²) >= 11 is 1.40. The number of carbonyl (C=O) groups is 1. The molecule has 26 heavy (non-hydrogen) atoms. The molecule has 0 saturated carbocycles. The first kappa shape index (κ1) is 18.1. The van der Waals surface area contributed by atoms with Gasteiger partial charge in [-0.3, -0.25) is 0 Å². The van der Waals surface area contributed by atoms with Crippen LogP contribution in [0.5, 0.6) is 11.5 Å². The summed E-state index contributed by atoms with van der Waals surface area (Å²) in [6.07, 6.45) is 1.63. The van der Waals surface area contributed by atoms with E-state index < -0.39 is 5.97 Å². The Hall–Kier alpha value is -2.66. The zero-order valence-electron chi connectivity index (χ0n) is 14.6. The molecule has 0 aliphatic heterocycles. The van der Waals surface area contributed by atoms with Crippen LogP contribution in [0.2, 0.25) is 0 Å². The number of aromatic hydroxyl groups is 1. The maximum Gasteiger partial charge on any atom is 0.353 e. The van der Waals surface area contributed by atoms with Gasteiger partial charge in [-0.2, -0.15) is 0 Å². The van der Waals surface area contributed by atoms with Crippen LogP contribution >= 0.6 is 11.3 Å². The largest absolute Gasteiger partial charge is 0.507 e. The molecule has 1 heterocycles. The minimum Gasteiger partial charge on any atom is -0.507 e. The number of hydrogen-bond donors (Lipinski definition) is 1. The number of halogens is 1. The molecular weight excluding hydrogens is 351 g/mol. The number of benzene rings is 2. The van der Waals surface area contributed by atoms with Gasteiger partial charge in [0.25, 0.3) is 0 Å². The molecule has 1 aromatic heterocycles. The number of esters is 1. The molecule has 0 aliphatic carbocycles. The first-order chi connectivity index (χ1) is 12.4. The van der Waals surface area contributed by atoms with Gasteiger partial charge in [0.15, 0.2) is 0 Å². The van der Waals surface area contributed by atoms with Gasteiger partial charge in [0.05, 0.1) is 0 Å². The van der Waals surface area contributed by atoms with Gasteiger partial charge in [0.1, 0.15) is 22.2 Å². The van der Waals surface area contributed by atoms with E-state index >= 15 is 0 Å². The topological polar surface area (TPSA) is 46.5 Å². The summed E-state index contributed by atoms with van der Waals surface area (Å²) in [6, 6.07) is 13.0. The second kappa shape index (κ2) is 7.70. The van der Waals surface area contributed by atoms with E-state index in [2.05, 4.69) is 0 Å². The summed E-state index contributed by atoms with van der Waals surface area (Å²) in [5, 5.41) is 9.85. The van der Waals surface area contributed by atoms with Crippen molar-refractivity contribution in [2.75, 3.05) is 0 Å². The van der Waals surface area contributed by atoms with Crippen LogP contribution in [0.1, 0.15) is 31.2 Å². The van der Waals surface area contributed by atoms with Gasteiger partial charge in [-0.05, 0) is 79.8 Å². The van der Waals surface area contributed by atoms with E-state index in [1.807, 2.05) is 32.0 Å². The lowest BCUT2D eigenvalue weighted by Crippen LogP contribution is -2.06. The van der Waals surface area contributed by atoms with Crippen LogP contribution in [-0.2, 0) is 12.8 Å². The Morgan fingerprint density at radius 3 is 2.35 bits per heavy atom. The normalized spacial score (nSPS) is 10.7. The van der Waals surface area contributed by atoms with E-state index in [1.54, 1.807) is 6.07 Å². The molecule has 0 bridgehead atoms. The third-order valence-corrected chi connectivity index (χ3v) is 5.22. The fourth-order valence-electron chi connectivity index (χ4n) is 2.74. The number of thiophene rings is 1. The molecule has 2 aromatic carbocycles. The minimum atomic E-state index is -0.441. The summed E-state index contributed by atoms with van der Waals surface area (Å²) in [5.41, 5.74) is 2.89. The monoisotopic (exact) mass is 370 g/mol. The average molecular weight is 370 g/mol. The zero-order valence-corrected chi connectivity index (χ0v) is 15.4. The third kappa shape index (κ3) is 4.29. The molecule has 0 aliphatic rings. The van der Waals surface area contributed by atoms with Gasteiger partial charge < -0.3 is 9.84 Å². The van der Waals surface area contributed by atoms with Crippen molar-refractivity contribution >= 4 is 17.3 Å². The van der Waals surface area contributed by atoms with Crippen molar-refractivity contribution in [3.05, 3.63) is 80.8 Å². The first-order valence-corrected chi connectivity index (χ1v) is 9.09. The fraction of sp³-hybridized carbons (Fsp3) is 0.190. The van der Waals surface area contributed by atoms with E-state index in [4.69, 9.17) is 4.74 Å². The molecule has 3 rings (SSSR count). The quantitative estimate of drug-likeness (QED) is 0.495. The molecule has 134 valence electrons. The summed E-state index contributed by atoms with van der Waals surface area (Å²) in [7, 11) is 0. The number of ether oxygens (including phenoxy) is 1. The summed E-state index contributed by atoms with van der Waals surface area (Å²) in [4.78, 5) is 13.8. The molecule has 0 saturated heterocycles. The smallest absolute Gasteiger partial charge is 0.353 e. The molecule has 1 N–H and O–H groups in total. The standard InChI is InChI=1S/C21H19FO3S/c1-13-11-15(12-14(2)20(13)23)3-8-18-9-10-19(26-18)21(24)25-17-6-4-16(22)5-7-17/h4-7,9-12,23H,3,8H2,1-2H3. The summed E-state index contributed by atoms with van der Waals surface area (Å²) < 4.78 is 18.1. The highest BCUT2D eigenvalue weighted by Gasteiger charge is 2.12. The van der Waals surface area contributed by atoms with Crippen LogP contribution in [0.25, 0.3) is 0 Å². The van der Waals surface area contributed by atoms with Gasteiger partial charge in [-0.1, -0.05) is 12.1 Å². The van der Waals surface area contributed by atoms with Gasteiger partial charge in [-0.15, -0.1) is 11.3 Å². The Morgan fingerprint density at radius 2 is 1.69 bits per heavy atom. The molecule has 3 aromatic rings. The number of aryl methyl sites for hydroxylation is 4. The predicted octanol–water partition coefficient (Wildman–Crippen LogP) is 5.21. The molecule has 0 unspecified atom stereocenters. The molecule has 5 heteroatoms. The van der Waals surface area contributed by atoms with Crippen molar-refractivity contribution in [2.45, 2.75) is 26.7 Å². The fourth-order valence-corrected chi connectivity index (χ4v) is 3.62. The van der Waals surface area contributed by atoms with Crippen molar-refractivity contribution in [3.63, 3.8) is 0 Å². The molecule has 0 spiro atoms. The Morgan fingerprint density at radius 1 is 1.04 bits per heavy atom. The van der Waals surface area contributed by atoms with Crippen LogP contribution in [0.15, 0.2) is 48.5 Å². The number of phenolic OH excluding ortho intramolecular Hbond substituents is 1. The van der Waals surface area contributed by atoms with Crippen molar-refractivity contribution < 1.29 is 19.0 Å². The molecule has 0 radical (unpaired) electrons. The Labute approximate surface area is 155 Å².